The summed E-state index contributed by atoms with van der Waals surface area (Å²) in [5.41, 5.74) is 1.85. The van der Waals surface area contributed by atoms with Gasteiger partial charge in [-0.1, -0.05) is 12.1 Å². The number of carboxylic acids is 1. The highest BCUT2D eigenvalue weighted by molar-refractivity contribution is 7.09. The number of aromatic carboxylic acids is 1. The smallest absolute Gasteiger partial charge is 0.335 e. The van der Waals surface area contributed by atoms with E-state index in [1.165, 1.54) is 11.5 Å². The molecule has 0 aliphatic rings. The third-order valence-corrected chi connectivity index (χ3v) is 3.75. The highest BCUT2D eigenvalue weighted by Gasteiger charge is 2.11. The zero-order chi connectivity index (χ0) is 14.1. The fourth-order valence-electron chi connectivity index (χ4n) is 1.99. The van der Waals surface area contributed by atoms with Crippen LogP contribution in [0.2, 0.25) is 0 Å². The van der Waals surface area contributed by atoms with Gasteiger partial charge in [0.25, 0.3) is 0 Å². The van der Waals surface area contributed by atoms with Crippen molar-refractivity contribution in [3.8, 4) is 10.8 Å². The van der Waals surface area contributed by atoms with Crippen molar-refractivity contribution < 1.29 is 14.6 Å². The summed E-state index contributed by atoms with van der Waals surface area (Å²) >= 11 is 1.29. The predicted molar refractivity (Wildman–Crippen MR) is 77.8 cm³/mol. The summed E-state index contributed by atoms with van der Waals surface area (Å²) in [5.74, 6) is -0.320. The Kier molecular flexibility index (Phi) is 3.12. The van der Waals surface area contributed by atoms with Crippen molar-refractivity contribution in [3.05, 3.63) is 53.6 Å². The van der Waals surface area contributed by atoms with Gasteiger partial charge in [0.15, 0.2) is 0 Å². The minimum Gasteiger partial charge on any atom is -0.478 e. The fraction of sp³-hybridized carbons (Fsp3) is 0.0667. The van der Waals surface area contributed by atoms with Crippen molar-refractivity contribution in [1.82, 2.24) is 4.37 Å². The molecule has 0 spiro atoms. The normalized spacial score (nSPS) is 10.7. The van der Waals surface area contributed by atoms with E-state index >= 15 is 0 Å². The van der Waals surface area contributed by atoms with Crippen molar-refractivity contribution in [2.45, 2.75) is 6.92 Å². The van der Waals surface area contributed by atoms with Gasteiger partial charge in [0, 0.05) is 11.5 Å². The van der Waals surface area contributed by atoms with E-state index in [1.54, 1.807) is 25.1 Å². The number of fused-ring (bicyclic) bond motifs is 1. The molecular weight excluding hydrogens is 274 g/mol. The van der Waals surface area contributed by atoms with Gasteiger partial charge in [-0.2, -0.15) is 4.37 Å². The van der Waals surface area contributed by atoms with Crippen molar-refractivity contribution >= 4 is 28.4 Å². The highest BCUT2D eigenvalue weighted by Crippen LogP contribution is 2.34. The van der Waals surface area contributed by atoms with E-state index in [9.17, 15) is 4.79 Å². The predicted octanol–water partition coefficient (Wildman–Crippen LogP) is 4.10. The minimum absolute atomic E-state index is 0.284. The molecule has 3 aromatic rings. The second-order valence-corrected chi connectivity index (χ2v) is 5.11. The van der Waals surface area contributed by atoms with Crippen LogP contribution in [0.5, 0.6) is 10.8 Å². The zero-order valence-electron chi connectivity index (χ0n) is 10.7. The van der Waals surface area contributed by atoms with Crippen molar-refractivity contribution in [2.24, 2.45) is 0 Å². The Labute approximate surface area is 119 Å². The van der Waals surface area contributed by atoms with Crippen LogP contribution in [-0.4, -0.2) is 15.4 Å². The molecule has 0 atom stereocenters. The Bertz CT molecular complexity index is 795. The van der Waals surface area contributed by atoms with Gasteiger partial charge in [-0.15, -0.1) is 0 Å². The number of ether oxygens (including phenoxy) is 1. The van der Waals surface area contributed by atoms with E-state index in [-0.39, 0.29) is 5.56 Å². The van der Waals surface area contributed by atoms with E-state index < -0.39 is 5.97 Å². The summed E-state index contributed by atoms with van der Waals surface area (Å²) in [5, 5.41) is 10.7. The molecule has 20 heavy (non-hydrogen) atoms. The van der Waals surface area contributed by atoms with Gasteiger partial charge >= 0.3 is 5.97 Å². The maximum Gasteiger partial charge on any atom is 0.335 e. The molecule has 1 N–H and O–H groups in total. The van der Waals surface area contributed by atoms with Gasteiger partial charge in [-0.25, -0.2) is 4.79 Å². The molecule has 0 aliphatic heterocycles. The standard InChI is InChI=1S/C15H11NO3S/c1-9-8-10(6-7-11(9)14(17)18)19-15-12-4-2-3-5-13(12)16-20-15/h2-8H,1H3,(H,17,18). The number of nitrogens with zero attached hydrogens (tertiary/aromatic N) is 1. The molecule has 100 valence electrons. The van der Waals surface area contributed by atoms with Crippen LogP contribution in [0.4, 0.5) is 0 Å². The number of benzene rings is 2. The van der Waals surface area contributed by atoms with Crippen molar-refractivity contribution in [1.29, 1.82) is 0 Å². The largest absolute Gasteiger partial charge is 0.478 e. The molecule has 5 heteroatoms. The van der Waals surface area contributed by atoms with E-state index in [0.29, 0.717) is 16.4 Å². The van der Waals surface area contributed by atoms with Crippen LogP contribution in [0.3, 0.4) is 0 Å². The molecule has 0 radical (unpaired) electrons. The first-order valence-electron chi connectivity index (χ1n) is 6.01. The second-order valence-electron chi connectivity index (χ2n) is 4.37. The van der Waals surface area contributed by atoms with Crippen molar-refractivity contribution in [3.63, 3.8) is 0 Å². The summed E-state index contributed by atoms with van der Waals surface area (Å²) in [6.07, 6.45) is 0. The summed E-state index contributed by atoms with van der Waals surface area (Å²) < 4.78 is 10.1. The van der Waals surface area contributed by atoms with E-state index in [0.717, 1.165) is 10.9 Å². The number of hydrogen-bond acceptors (Lipinski definition) is 4. The van der Waals surface area contributed by atoms with Gasteiger partial charge in [0.2, 0.25) is 5.06 Å². The Morgan fingerprint density at radius 1 is 1.25 bits per heavy atom. The third kappa shape index (κ3) is 2.23. The lowest BCUT2D eigenvalue weighted by Gasteiger charge is -2.06. The summed E-state index contributed by atoms with van der Waals surface area (Å²) in [7, 11) is 0. The molecule has 0 saturated heterocycles. The van der Waals surface area contributed by atoms with E-state index in [2.05, 4.69) is 4.37 Å². The molecule has 1 aromatic heterocycles. The first-order chi connectivity index (χ1) is 9.65. The number of carbonyl (C=O) groups is 1. The quantitative estimate of drug-likeness (QED) is 0.787. The molecular formula is C15H11NO3S. The maximum atomic E-state index is 11.0. The number of carboxylic acid groups (broad SMARTS) is 1. The minimum atomic E-state index is -0.933. The molecule has 0 bridgehead atoms. The topological polar surface area (TPSA) is 59.4 Å². The Balaban J connectivity index is 1.95. The zero-order valence-corrected chi connectivity index (χ0v) is 11.5. The third-order valence-electron chi connectivity index (χ3n) is 2.99. The molecule has 0 unspecified atom stereocenters. The number of aryl methyl sites for hydroxylation is 1. The first kappa shape index (κ1) is 12.6. The fourth-order valence-corrected chi connectivity index (χ4v) is 2.73. The number of hydrogen-bond donors (Lipinski definition) is 1. The molecule has 4 nitrogen and oxygen atoms in total. The van der Waals surface area contributed by atoms with Crippen LogP contribution in [-0.2, 0) is 0 Å². The molecule has 1 heterocycles. The van der Waals surface area contributed by atoms with Crippen LogP contribution >= 0.6 is 11.5 Å². The summed E-state index contributed by atoms with van der Waals surface area (Å²) in [6.45, 7) is 1.75. The van der Waals surface area contributed by atoms with Gasteiger partial charge in [0.05, 0.1) is 16.5 Å². The van der Waals surface area contributed by atoms with Gasteiger partial charge in [-0.05, 0) is 42.8 Å². The molecule has 0 amide bonds. The lowest BCUT2D eigenvalue weighted by Crippen LogP contribution is -1.99. The van der Waals surface area contributed by atoms with Crippen molar-refractivity contribution in [2.75, 3.05) is 0 Å². The highest BCUT2D eigenvalue weighted by atomic mass is 32.1. The molecule has 3 rings (SSSR count). The molecule has 0 fully saturated rings. The SMILES string of the molecule is Cc1cc(Oc2snc3ccccc23)ccc1C(=O)O. The number of aromatic nitrogens is 1. The summed E-state index contributed by atoms with van der Waals surface area (Å²) in [4.78, 5) is 11.0. The van der Waals surface area contributed by atoms with Gasteiger partial charge < -0.3 is 9.84 Å². The van der Waals surface area contributed by atoms with Gasteiger partial charge in [-0.3, -0.25) is 0 Å². The first-order valence-corrected chi connectivity index (χ1v) is 6.79. The lowest BCUT2D eigenvalue weighted by molar-refractivity contribution is 0.0696. The molecule has 2 aromatic carbocycles. The lowest BCUT2D eigenvalue weighted by atomic mass is 10.1. The molecule has 0 saturated carbocycles. The van der Waals surface area contributed by atoms with Crippen LogP contribution < -0.4 is 4.74 Å². The average molecular weight is 285 g/mol. The van der Waals surface area contributed by atoms with Crippen LogP contribution in [0.1, 0.15) is 15.9 Å². The van der Waals surface area contributed by atoms with E-state index in [1.807, 2.05) is 24.3 Å². The van der Waals surface area contributed by atoms with Crippen LogP contribution in [0.15, 0.2) is 42.5 Å². The Morgan fingerprint density at radius 2 is 2.05 bits per heavy atom. The van der Waals surface area contributed by atoms with E-state index in [4.69, 9.17) is 9.84 Å². The maximum absolute atomic E-state index is 11.0. The Hall–Kier alpha value is -2.40. The van der Waals surface area contributed by atoms with Gasteiger partial charge in [0.1, 0.15) is 5.75 Å². The van der Waals surface area contributed by atoms with Crippen LogP contribution in [0, 0.1) is 6.92 Å². The monoisotopic (exact) mass is 285 g/mol. The van der Waals surface area contributed by atoms with Crippen LogP contribution in [0.25, 0.3) is 10.9 Å². The number of rotatable bonds is 3. The second kappa shape index (κ2) is 4.94. The molecule has 0 aliphatic carbocycles. The Morgan fingerprint density at radius 3 is 2.80 bits per heavy atom. The average Bonchev–Trinajstić information content (AvgIpc) is 2.82. The summed E-state index contributed by atoms with van der Waals surface area (Å²) in [6, 6.07) is 12.7.